The molecular formula is C21H20N4O2. The molecule has 2 N–H and O–H groups in total. The Kier molecular flexibility index (Phi) is 3.84. The molecule has 0 radical (unpaired) electrons. The molecule has 4 rings (SSSR count). The number of fused-ring (bicyclic) bond motifs is 3. The topological polar surface area (TPSA) is 82.9 Å². The third kappa shape index (κ3) is 2.44. The van der Waals surface area contributed by atoms with Crippen LogP contribution in [0.3, 0.4) is 0 Å². The van der Waals surface area contributed by atoms with Gasteiger partial charge in [0.25, 0.3) is 11.5 Å². The van der Waals surface area contributed by atoms with Crippen molar-refractivity contribution in [1.82, 2.24) is 14.3 Å². The molecule has 0 aliphatic carbocycles. The zero-order valence-corrected chi connectivity index (χ0v) is 15.4. The third-order valence-electron chi connectivity index (χ3n) is 4.93. The normalized spacial score (nSPS) is 11.6. The first-order valence-corrected chi connectivity index (χ1v) is 8.81. The second-order valence-corrected chi connectivity index (χ2v) is 6.95. The van der Waals surface area contributed by atoms with E-state index in [1.165, 1.54) is 4.68 Å². The van der Waals surface area contributed by atoms with E-state index < -0.39 is 5.91 Å². The molecule has 0 saturated heterocycles. The number of carbonyl (C=O) groups is 1. The van der Waals surface area contributed by atoms with Crippen LogP contribution in [0.2, 0.25) is 0 Å². The van der Waals surface area contributed by atoms with Crippen molar-refractivity contribution in [3.05, 3.63) is 70.1 Å². The van der Waals surface area contributed by atoms with E-state index in [0.717, 1.165) is 16.5 Å². The number of benzene rings is 2. The van der Waals surface area contributed by atoms with Gasteiger partial charge in [0.1, 0.15) is 5.52 Å². The number of amides is 1. The number of aromatic nitrogens is 3. The molecule has 6 nitrogen and oxygen atoms in total. The van der Waals surface area contributed by atoms with Crippen molar-refractivity contribution in [2.75, 3.05) is 0 Å². The van der Waals surface area contributed by atoms with Gasteiger partial charge in [0.05, 0.1) is 11.2 Å². The van der Waals surface area contributed by atoms with Crippen molar-refractivity contribution < 1.29 is 4.79 Å². The van der Waals surface area contributed by atoms with Gasteiger partial charge in [-0.3, -0.25) is 9.59 Å². The van der Waals surface area contributed by atoms with Gasteiger partial charge in [-0.1, -0.05) is 50.2 Å². The zero-order chi connectivity index (χ0) is 19.3. The van der Waals surface area contributed by atoms with Gasteiger partial charge in [0.15, 0.2) is 5.69 Å². The summed E-state index contributed by atoms with van der Waals surface area (Å²) in [5.41, 5.74) is 8.50. The minimum Gasteiger partial charge on any atom is -0.364 e. The van der Waals surface area contributed by atoms with Crippen LogP contribution >= 0.6 is 0 Å². The summed E-state index contributed by atoms with van der Waals surface area (Å²) in [6.07, 6.45) is 0. The highest BCUT2D eigenvalue weighted by Gasteiger charge is 2.23. The lowest BCUT2D eigenvalue weighted by Crippen LogP contribution is -2.27. The predicted octanol–water partition coefficient (Wildman–Crippen LogP) is 3.10. The molecular weight excluding hydrogens is 340 g/mol. The molecule has 136 valence electrons. The lowest BCUT2D eigenvalue weighted by atomic mass is 9.99. The summed E-state index contributed by atoms with van der Waals surface area (Å²) in [6.45, 7) is 4.20. The molecule has 4 aromatic rings. The molecule has 2 aromatic carbocycles. The minimum atomic E-state index is -0.660. The number of primary amides is 1. The maximum atomic E-state index is 13.3. The van der Waals surface area contributed by atoms with Crippen LogP contribution in [-0.4, -0.2) is 20.3 Å². The largest absolute Gasteiger partial charge is 0.364 e. The minimum absolute atomic E-state index is 0.0972. The fourth-order valence-electron chi connectivity index (χ4n) is 3.71. The van der Waals surface area contributed by atoms with Gasteiger partial charge < -0.3 is 10.3 Å². The number of para-hydroxylation sites is 2. The summed E-state index contributed by atoms with van der Waals surface area (Å²) in [7, 11) is 1.85. The van der Waals surface area contributed by atoms with Crippen LogP contribution in [0.1, 0.15) is 35.8 Å². The van der Waals surface area contributed by atoms with E-state index in [9.17, 15) is 9.59 Å². The van der Waals surface area contributed by atoms with E-state index in [1.54, 1.807) is 12.1 Å². The van der Waals surface area contributed by atoms with Crippen molar-refractivity contribution in [3.63, 3.8) is 0 Å². The molecule has 0 fully saturated rings. The van der Waals surface area contributed by atoms with Crippen LogP contribution in [0.5, 0.6) is 0 Å². The van der Waals surface area contributed by atoms with E-state index in [-0.39, 0.29) is 17.2 Å². The smallest absolute Gasteiger partial charge is 0.296 e. The van der Waals surface area contributed by atoms with Crippen molar-refractivity contribution in [3.8, 4) is 5.69 Å². The first-order valence-electron chi connectivity index (χ1n) is 8.81. The van der Waals surface area contributed by atoms with Gasteiger partial charge in [-0.25, -0.2) is 0 Å². The van der Waals surface area contributed by atoms with Crippen molar-refractivity contribution in [1.29, 1.82) is 0 Å². The Labute approximate surface area is 155 Å². The van der Waals surface area contributed by atoms with E-state index >= 15 is 0 Å². The molecule has 1 amide bonds. The number of aryl methyl sites for hydroxylation is 1. The lowest BCUT2D eigenvalue weighted by molar-refractivity contribution is 0.0996. The Morgan fingerprint density at radius 3 is 2.37 bits per heavy atom. The van der Waals surface area contributed by atoms with E-state index in [4.69, 9.17) is 5.73 Å². The van der Waals surface area contributed by atoms with Gasteiger partial charge in [-0.2, -0.15) is 9.78 Å². The maximum absolute atomic E-state index is 13.3. The monoisotopic (exact) mass is 360 g/mol. The van der Waals surface area contributed by atoms with Crippen LogP contribution in [0, 0.1) is 0 Å². The van der Waals surface area contributed by atoms with Crippen LogP contribution in [0.15, 0.2) is 53.3 Å². The van der Waals surface area contributed by atoms with Crippen molar-refractivity contribution in [2.24, 2.45) is 12.8 Å². The average molecular weight is 360 g/mol. The van der Waals surface area contributed by atoms with Crippen LogP contribution in [-0.2, 0) is 7.05 Å². The molecule has 0 spiro atoms. The summed E-state index contributed by atoms with van der Waals surface area (Å²) in [6, 6.07) is 14.9. The average Bonchev–Trinajstić information content (AvgIpc) is 2.96. The Morgan fingerprint density at radius 2 is 1.74 bits per heavy atom. The first-order chi connectivity index (χ1) is 12.9. The molecule has 0 bridgehead atoms. The molecule has 0 aliphatic heterocycles. The number of hydrogen-bond donors (Lipinski definition) is 1. The summed E-state index contributed by atoms with van der Waals surface area (Å²) in [5, 5.41) is 5.66. The zero-order valence-electron chi connectivity index (χ0n) is 15.4. The highest BCUT2D eigenvalue weighted by Crippen LogP contribution is 2.33. The molecule has 6 heteroatoms. The van der Waals surface area contributed by atoms with Gasteiger partial charge in [0.2, 0.25) is 0 Å². The van der Waals surface area contributed by atoms with E-state index in [2.05, 4.69) is 18.9 Å². The Hall–Kier alpha value is -3.41. The van der Waals surface area contributed by atoms with Gasteiger partial charge in [-0.05, 0) is 23.6 Å². The van der Waals surface area contributed by atoms with Gasteiger partial charge in [0, 0.05) is 17.8 Å². The molecule has 2 aromatic heterocycles. The number of nitrogens with zero attached hydrogens (tertiary/aromatic N) is 3. The Balaban J connectivity index is 2.26. The van der Waals surface area contributed by atoms with E-state index in [1.807, 2.05) is 48.0 Å². The SMILES string of the molecule is CC(C)c1cccc2c3c(C(N)=O)nn(-c4ccccc4)c(=O)c3n(C)c12. The number of rotatable bonds is 3. The van der Waals surface area contributed by atoms with E-state index in [0.29, 0.717) is 16.6 Å². The number of carbonyl (C=O) groups excluding carboxylic acids is 1. The summed E-state index contributed by atoms with van der Waals surface area (Å²) in [4.78, 5) is 25.5. The third-order valence-corrected chi connectivity index (χ3v) is 4.93. The van der Waals surface area contributed by atoms with Crippen molar-refractivity contribution >= 4 is 27.7 Å². The quantitative estimate of drug-likeness (QED) is 0.609. The van der Waals surface area contributed by atoms with Crippen LogP contribution in [0.4, 0.5) is 0 Å². The van der Waals surface area contributed by atoms with Gasteiger partial charge >= 0.3 is 0 Å². The molecule has 0 atom stereocenters. The molecule has 0 aliphatic rings. The number of hydrogen-bond acceptors (Lipinski definition) is 3. The second-order valence-electron chi connectivity index (χ2n) is 6.95. The maximum Gasteiger partial charge on any atom is 0.296 e. The fraction of sp³-hybridized carbons (Fsp3) is 0.190. The molecule has 0 unspecified atom stereocenters. The number of nitrogens with two attached hydrogens (primary N) is 1. The Bertz CT molecular complexity index is 1250. The molecule has 0 saturated carbocycles. The predicted molar refractivity (Wildman–Crippen MR) is 106 cm³/mol. The lowest BCUT2D eigenvalue weighted by Gasteiger charge is -2.09. The Morgan fingerprint density at radius 1 is 1.04 bits per heavy atom. The van der Waals surface area contributed by atoms with Gasteiger partial charge in [-0.15, -0.1) is 0 Å². The first kappa shape index (κ1) is 17.0. The second kappa shape index (κ2) is 6.09. The highest BCUT2D eigenvalue weighted by molar-refractivity contribution is 6.17. The van der Waals surface area contributed by atoms with Crippen molar-refractivity contribution in [2.45, 2.75) is 19.8 Å². The highest BCUT2D eigenvalue weighted by atomic mass is 16.1. The molecule has 27 heavy (non-hydrogen) atoms. The molecule has 2 heterocycles. The summed E-state index contributed by atoms with van der Waals surface area (Å²) >= 11 is 0. The fourth-order valence-corrected chi connectivity index (χ4v) is 3.71. The van der Waals surface area contributed by atoms with Crippen LogP contribution in [0.25, 0.3) is 27.5 Å². The van der Waals surface area contributed by atoms with Crippen LogP contribution < -0.4 is 11.3 Å². The summed E-state index contributed by atoms with van der Waals surface area (Å²) in [5.74, 6) is -0.398. The standard InChI is InChI=1S/C21H20N4O2/c1-12(2)14-10-7-11-15-16-17(20(22)26)23-25(13-8-5-4-6-9-13)21(27)19(16)24(3)18(14)15/h4-12H,1-3H3,(H2,22,26). The summed E-state index contributed by atoms with van der Waals surface area (Å²) < 4.78 is 3.10.